The number of aryl methyl sites for hydroxylation is 1. The van der Waals surface area contributed by atoms with Gasteiger partial charge in [0.15, 0.2) is 0 Å². The first-order chi connectivity index (χ1) is 14.9. The third kappa shape index (κ3) is 4.07. The van der Waals surface area contributed by atoms with Gasteiger partial charge in [-0.2, -0.15) is 0 Å². The number of amides is 1. The van der Waals surface area contributed by atoms with Crippen LogP contribution in [0.5, 0.6) is 0 Å². The lowest BCUT2D eigenvalue weighted by Gasteiger charge is -2.35. The van der Waals surface area contributed by atoms with Crippen molar-refractivity contribution in [3.05, 3.63) is 51.4 Å². The largest absolute Gasteiger partial charge is 0.462 e. The van der Waals surface area contributed by atoms with Gasteiger partial charge in [-0.1, -0.05) is 11.6 Å². The molecule has 10 heteroatoms. The molecule has 0 atom stereocenters. The maximum atomic E-state index is 13.3. The fourth-order valence-corrected chi connectivity index (χ4v) is 4.92. The van der Waals surface area contributed by atoms with Crippen LogP contribution < -0.4 is 4.90 Å². The summed E-state index contributed by atoms with van der Waals surface area (Å²) in [5, 5.41) is 0.933. The Hall–Kier alpha value is -2.78. The second kappa shape index (κ2) is 8.76. The zero-order valence-electron chi connectivity index (χ0n) is 17.0. The Kier molecular flexibility index (Phi) is 6.06. The molecule has 7 nitrogen and oxygen atoms in total. The summed E-state index contributed by atoms with van der Waals surface area (Å²) in [5.74, 6) is -0.331. The van der Waals surface area contributed by atoms with Gasteiger partial charge in [-0.3, -0.25) is 4.79 Å². The van der Waals surface area contributed by atoms with Crippen molar-refractivity contribution in [2.24, 2.45) is 0 Å². The van der Waals surface area contributed by atoms with Crippen molar-refractivity contribution in [3.63, 3.8) is 0 Å². The maximum absolute atomic E-state index is 13.3. The molecule has 4 rings (SSSR count). The van der Waals surface area contributed by atoms with E-state index in [1.165, 1.54) is 29.8 Å². The molecule has 0 radical (unpaired) electrons. The fraction of sp³-hybridized carbons (Fsp3) is 0.333. The topological polar surface area (TPSA) is 75.6 Å². The SMILES string of the molecule is CCOC(=O)c1sc2ncnc(N3CCN(C(=O)c4ccc(F)cc4Cl)CC3)c2c1C. The Balaban J connectivity index is 1.55. The molecule has 1 aliphatic heterocycles. The summed E-state index contributed by atoms with van der Waals surface area (Å²) in [7, 11) is 0. The molecule has 0 saturated carbocycles. The normalized spacial score (nSPS) is 14.2. The van der Waals surface area contributed by atoms with Crippen LogP contribution in [0.1, 0.15) is 32.5 Å². The zero-order chi connectivity index (χ0) is 22.1. The molecule has 0 aliphatic carbocycles. The summed E-state index contributed by atoms with van der Waals surface area (Å²) >= 11 is 7.34. The molecule has 3 aromatic rings. The molecular weight excluding hydrogens is 443 g/mol. The minimum atomic E-state index is -0.479. The maximum Gasteiger partial charge on any atom is 0.348 e. The molecule has 1 aliphatic rings. The third-order valence-electron chi connectivity index (χ3n) is 5.20. The van der Waals surface area contributed by atoms with E-state index in [1.807, 2.05) is 6.92 Å². The predicted octanol–water partition coefficient (Wildman–Crippen LogP) is 3.93. The lowest BCUT2D eigenvalue weighted by atomic mass is 10.1. The van der Waals surface area contributed by atoms with Crippen LogP contribution in [0.3, 0.4) is 0 Å². The number of hydrogen-bond donors (Lipinski definition) is 0. The van der Waals surface area contributed by atoms with E-state index < -0.39 is 5.82 Å². The van der Waals surface area contributed by atoms with Gasteiger partial charge in [0.05, 0.1) is 22.6 Å². The number of benzene rings is 1. The number of carbonyl (C=O) groups is 2. The Morgan fingerprint density at radius 3 is 2.65 bits per heavy atom. The average molecular weight is 463 g/mol. The van der Waals surface area contributed by atoms with Crippen LogP contribution in [-0.2, 0) is 4.74 Å². The summed E-state index contributed by atoms with van der Waals surface area (Å²) in [6, 6.07) is 3.78. The van der Waals surface area contributed by atoms with Gasteiger partial charge in [-0.15, -0.1) is 11.3 Å². The summed E-state index contributed by atoms with van der Waals surface area (Å²) in [6.07, 6.45) is 1.48. The number of aromatic nitrogens is 2. The highest BCUT2D eigenvalue weighted by Gasteiger charge is 2.27. The van der Waals surface area contributed by atoms with E-state index in [9.17, 15) is 14.0 Å². The zero-order valence-corrected chi connectivity index (χ0v) is 18.6. The van der Waals surface area contributed by atoms with Crippen LogP contribution in [0, 0.1) is 12.7 Å². The first-order valence-corrected chi connectivity index (χ1v) is 11.0. The van der Waals surface area contributed by atoms with Gasteiger partial charge in [0.2, 0.25) is 0 Å². The molecule has 1 saturated heterocycles. The van der Waals surface area contributed by atoms with E-state index in [1.54, 1.807) is 11.8 Å². The van der Waals surface area contributed by atoms with Crippen LogP contribution in [0.15, 0.2) is 24.5 Å². The molecule has 1 aromatic carbocycles. The van der Waals surface area contributed by atoms with Crippen LogP contribution in [0.4, 0.5) is 10.2 Å². The summed E-state index contributed by atoms with van der Waals surface area (Å²) in [6.45, 7) is 5.98. The molecule has 0 bridgehead atoms. The lowest BCUT2D eigenvalue weighted by Crippen LogP contribution is -2.49. The van der Waals surface area contributed by atoms with Crippen molar-refractivity contribution < 1.29 is 18.7 Å². The fourth-order valence-electron chi connectivity index (χ4n) is 3.64. The van der Waals surface area contributed by atoms with E-state index in [0.717, 1.165) is 27.7 Å². The molecule has 0 spiro atoms. The molecule has 2 aromatic heterocycles. The Morgan fingerprint density at radius 2 is 1.97 bits per heavy atom. The van der Waals surface area contributed by atoms with Crippen molar-refractivity contribution in [1.82, 2.24) is 14.9 Å². The van der Waals surface area contributed by atoms with Crippen LogP contribution in [-0.4, -0.2) is 59.5 Å². The average Bonchev–Trinajstić information content (AvgIpc) is 3.10. The second-order valence-electron chi connectivity index (χ2n) is 7.06. The number of ether oxygens (including phenoxy) is 1. The number of carbonyl (C=O) groups excluding carboxylic acids is 2. The Labute approximate surface area is 187 Å². The first-order valence-electron chi connectivity index (χ1n) is 9.81. The number of esters is 1. The number of nitrogens with zero attached hydrogens (tertiary/aromatic N) is 4. The van der Waals surface area contributed by atoms with Gasteiger partial charge in [0.25, 0.3) is 5.91 Å². The van der Waals surface area contributed by atoms with E-state index >= 15 is 0 Å². The number of piperazine rings is 1. The summed E-state index contributed by atoms with van der Waals surface area (Å²) in [5.41, 5.74) is 1.08. The van der Waals surface area contributed by atoms with Gasteiger partial charge in [0, 0.05) is 26.2 Å². The van der Waals surface area contributed by atoms with Gasteiger partial charge in [0.1, 0.15) is 27.7 Å². The molecular formula is C21H20ClFN4O3S. The van der Waals surface area contributed by atoms with E-state index in [2.05, 4.69) is 14.9 Å². The van der Waals surface area contributed by atoms with Crippen molar-refractivity contribution in [1.29, 1.82) is 0 Å². The van der Waals surface area contributed by atoms with E-state index in [-0.39, 0.29) is 22.5 Å². The summed E-state index contributed by atoms with van der Waals surface area (Å²) in [4.78, 5) is 38.9. The molecule has 31 heavy (non-hydrogen) atoms. The smallest absolute Gasteiger partial charge is 0.348 e. The van der Waals surface area contributed by atoms with E-state index in [4.69, 9.17) is 16.3 Å². The highest BCUT2D eigenvalue weighted by Crippen LogP contribution is 2.35. The number of anilines is 1. The number of fused-ring (bicyclic) bond motifs is 1. The molecule has 0 unspecified atom stereocenters. The monoisotopic (exact) mass is 462 g/mol. The van der Waals surface area contributed by atoms with Crippen LogP contribution in [0.25, 0.3) is 10.2 Å². The standard InChI is InChI=1S/C21H20ClFN4O3S/c1-3-30-21(29)17-12(2)16-18(24-11-25-19(16)31-17)26-6-8-27(9-7-26)20(28)14-5-4-13(23)10-15(14)22/h4-5,10-11H,3,6-9H2,1-2H3. The Bertz CT molecular complexity index is 1160. The lowest BCUT2D eigenvalue weighted by molar-refractivity contribution is 0.0531. The van der Waals surface area contributed by atoms with Crippen molar-refractivity contribution in [2.75, 3.05) is 37.7 Å². The quantitative estimate of drug-likeness (QED) is 0.547. The molecule has 3 heterocycles. The number of hydrogen-bond acceptors (Lipinski definition) is 7. The van der Waals surface area contributed by atoms with Gasteiger partial charge in [-0.05, 0) is 37.6 Å². The predicted molar refractivity (Wildman–Crippen MR) is 118 cm³/mol. The van der Waals surface area contributed by atoms with Crippen molar-refractivity contribution in [2.45, 2.75) is 13.8 Å². The van der Waals surface area contributed by atoms with Gasteiger partial charge in [-0.25, -0.2) is 19.2 Å². The van der Waals surface area contributed by atoms with Gasteiger partial charge < -0.3 is 14.5 Å². The number of rotatable bonds is 4. The summed E-state index contributed by atoms with van der Waals surface area (Å²) < 4.78 is 18.4. The number of halogens is 2. The first kappa shape index (κ1) is 21.5. The van der Waals surface area contributed by atoms with Crippen molar-refractivity contribution in [3.8, 4) is 0 Å². The van der Waals surface area contributed by atoms with E-state index in [0.29, 0.717) is 37.7 Å². The minimum absolute atomic E-state index is 0.102. The third-order valence-corrected chi connectivity index (χ3v) is 6.69. The molecule has 0 N–H and O–H groups in total. The van der Waals surface area contributed by atoms with Gasteiger partial charge >= 0.3 is 5.97 Å². The highest BCUT2D eigenvalue weighted by molar-refractivity contribution is 7.20. The van der Waals surface area contributed by atoms with Crippen LogP contribution >= 0.6 is 22.9 Å². The molecule has 1 amide bonds. The minimum Gasteiger partial charge on any atom is -0.462 e. The molecule has 1 fully saturated rings. The molecule has 162 valence electrons. The highest BCUT2D eigenvalue weighted by atomic mass is 35.5. The number of thiophene rings is 1. The Morgan fingerprint density at radius 1 is 1.23 bits per heavy atom. The second-order valence-corrected chi connectivity index (χ2v) is 8.46. The van der Waals surface area contributed by atoms with Crippen molar-refractivity contribution >= 4 is 50.8 Å². The van der Waals surface area contributed by atoms with Crippen LogP contribution in [0.2, 0.25) is 5.02 Å².